The molecule has 112 valence electrons. The highest BCUT2D eigenvalue weighted by atomic mass is 32.2. The van der Waals surface area contributed by atoms with Crippen molar-refractivity contribution in [3.05, 3.63) is 18.0 Å². The Kier molecular flexibility index (Phi) is 3.26. The molecular weight excluding hydrogens is 280 g/mol. The Bertz CT molecular complexity index is 629. The Labute approximate surface area is 118 Å². The Morgan fingerprint density at radius 1 is 1.35 bits per heavy atom. The highest BCUT2D eigenvalue weighted by Gasteiger charge is 2.64. The molecule has 0 bridgehead atoms. The fraction of sp³-hybridized carbons (Fsp3) is 0.615. The molecule has 20 heavy (non-hydrogen) atoms. The van der Waals surface area contributed by atoms with Crippen LogP contribution in [0.2, 0.25) is 0 Å². The van der Waals surface area contributed by atoms with Crippen LogP contribution in [0.1, 0.15) is 38.2 Å². The number of aromatic amines is 1. The zero-order valence-corrected chi connectivity index (χ0v) is 12.8. The van der Waals surface area contributed by atoms with Crippen LogP contribution in [-0.4, -0.2) is 31.0 Å². The minimum absolute atomic E-state index is 0.0498. The van der Waals surface area contributed by atoms with E-state index in [-0.39, 0.29) is 27.3 Å². The molecular formula is C13H20N2O4S. The summed E-state index contributed by atoms with van der Waals surface area (Å²) in [5, 5.41) is 8.78. The molecule has 0 aliphatic heterocycles. The Morgan fingerprint density at radius 3 is 2.30 bits per heavy atom. The number of sulfonamides is 1. The molecule has 1 heterocycles. The number of carbonyl (C=O) groups is 1. The second-order valence-corrected chi connectivity index (χ2v) is 8.17. The van der Waals surface area contributed by atoms with Gasteiger partial charge in [0.25, 0.3) is 0 Å². The van der Waals surface area contributed by atoms with E-state index < -0.39 is 16.0 Å². The van der Waals surface area contributed by atoms with Crippen LogP contribution >= 0.6 is 0 Å². The lowest BCUT2D eigenvalue weighted by atomic mass is 10.0. The van der Waals surface area contributed by atoms with Gasteiger partial charge in [0.05, 0.1) is 0 Å². The summed E-state index contributed by atoms with van der Waals surface area (Å²) in [5.74, 6) is -0.918. The number of H-pyrrole nitrogens is 1. The van der Waals surface area contributed by atoms with E-state index in [0.717, 1.165) is 6.07 Å². The minimum atomic E-state index is -3.67. The van der Waals surface area contributed by atoms with Gasteiger partial charge in [0, 0.05) is 12.7 Å². The average Bonchev–Trinajstić information content (AvgIpc) is 2.73. The quantitative estimate of drug-likeness (QED) is 0.770. The van der Waals surface area contributed by atoms with Crippen LogP contribution in [0.15, 0.2) is 17.2 Å². The first-order valence-corrected chi connectivity index (χ1v) is 7.90. The third-order valence-electron chi connectivity index (χ3n) is 4.99. The summed E-state index contributed by atoms with van der Waals surface area (Å²) in [7, 11) is -3.67. The summed E-state index contributed by atoms with van der Waals surface area (Å²) in [4.78, 5) is 13.1. The van der Waals surface area contributed by atoms with Crippen LogP contribution in [0.25, 0.3) is 0 Å². The van der Waals surface area contributed by atoms with E-state index in [2.05, 4.69) is 37.4 Å². The van der Waals surface area contributed by atoms with Gasteiger partial charge >= 0.3 is 5.97 Å². The molecule has 0 unspecified atom stereocenters. The fourth-order valence-corrected chi connectivity index (χ4v) is 3.81. The molecule has 1 aliphatic carbocycles. The van der Waals surface area contributed by atoms with E-state index in [1.165, 1.54) is 6.20 Å². The standard InChI is InChI=1S/C13H20N2O4S/c1-12(2)10(13(12,3)4)7-15-20(18,19)8-5-9(11(16)17)14-6-8/h5-6,10,14-15H,7H2,1-4H3,(H,16,17). The average molecular weight is 300 g/mol. The number of carboxylic acid groups (broad SMARTS) is 1. The van der Waals surface area contributed by atoms with Gasteiger partial charge in [0.2, 0.25) is 10.0 Å². The van der Waals surface area contributed by atoms with Crippen molar-refractivity contribution < 1.29 is 18.3 Å². The van der Waals surface area contributed by atoms with E-state index in [9.17, 15) is 13.2 Å². The lowest BCUT2D eigenvalue weighted by Gasteiger charge is -2.05. The smallest absolute Gasteiger partial charge is 0.352 e. The number of aromatic nitrogens is 1. The predicted molar refractivity (Wildman–Crippen MR) is 74.0 cm³/mol. The summed E-state index contributed by atoms with van der Waals surface area (Å²) in [6, 6.07) is 1.12. The number of rotatable bonds is 5. The molecule has 0 aromatic carbocycles. The molecule has 3 N–H and O–H groups in total. The van der Waals surface area contributed by atoms with Crippen LogP contribution in [-0.2, 0) is 10.0 Å². The first-order valence-electron chi connectivity index (χ1n) is 6.41. The van der Waals surface area contributed by atoms with Gasteiger partial charge in [-0.3, -0.25) is 0 Å². The van der Waals surface area contributed by atoms with Crippen molar-refractivity contribution in [2.45, 2.75) is 32.6 Å². The summed E-state index contributed by atoms with van der Waals surface area (Å²) in [6.07, 6.45) is 1.19. The third-order valence-corrected chi connectivity index (χ3v) is 6.40. The van der Waals surface area contributed by atoms with Gasteiger partial charge in [-0.1, -0.05) is 27.7 Å². The highest BCUT2D eigenvalue weighted by Crippen LogP contribution is 2.67. The maximum Gasteiger partial charge on any atom is 0.352 e. The molecule has 6 nitrogen and oxygen atoms in total. The zero-order valence-electron chi connectivity index (χ0n) is 12.0. The normalized spacial score (nSPS) is 20.8. The lowest BCUT2D eigenvalue weighted by Crippen LogP contribution is -2.27. The van der Waals surface area contributed by atoms with Crippen molar-refractivity contribution in [2.24, 2.45) is 16.7 Å². The van der Waals surface area contributed by atoms with Crippen LogP contribution in [0.4, 0.5) is 0 Å². The van der Waals surface area contributed by atoms with E-state index >= 15 is 0 Å². The van der Waals surface area contributed by atoms with Gasteiger partial charge in [0.1, 0.15) is 10.6 Å². The summed E-state index contributed by atoms with van der Waals surface area (Å²) in [5.41, 5.74) is 0.0530. The molecule has 0 spiro atoms. The minimum Gasteiger partial charge on any atom is -0.477 e. The maximum atomic E-state index is 12.1. The lowest BCUT2D eigenvalue weighted by molar-refractivity contribution is 0.0691. The zero-order chi connectivity index (χ0) is 15.3. The number of hydrogen-bond acceptors (Lipinski definition) is 3. The molecule has 1 aromatic heterocycles. The van der Waals surface area contributed by atoms with Crippen LogP contribution in [0.3, 0.4) is 0 Å². The monoisotopic (exact) mass is 300 g/mol. The van der Waals surface area contributed by atoms with E-state index in [1.807, 2.05) is 0 Å². The summed E-state index contributed by atoms with van der Waals surface area (Å²) < 4.78 is 26.8. The van der Waals surface area contributed by atoms with Crippen molar-refractivity contribution in [2.75, 3.05) is 6.54 Å². The van der Waals surface area contributed by atoms with Crippen LogP contribution in [0.5, 0.6) is 0 Å². The van der Waals surface area contributed by atoms with Crippen LogP contribution in [0, 0.1) is 16.7 Å². The van der Waals surface area contributed by atoms with E-state index in [1.54, 1.807) is 0 Å². The largest absolute Gasteiger partial charge is 0.477 e. The number of nitrogens with one attached hydrogen (secondary N) is 2. The molecule has 0 radical (unpaired) electrons. The van der Waals surface area contributed by atoms with Crippen molar-refractivity contribution in [3.8, 4) is 0 Å². The summed E-state index contributed by atoms with van der Waals surface area (Å²) in [6.45, 7) is 8.82. The second kappa shape index (κ2) is 4.33. The first kappa shape index (κ1) is 15.1. The van der Waals surface area contributed by atoms with Gasteiger partial charge in [-0.05, 0) is 22.8 Å². The molecule has 7 heteroatoms. The van der Waals surface area contributed by atoms with Gasteiger partial charge in [-0.15, -0.1) is 0 Å². The van der Waals surface area contributed by atoms with Gasteiger partial charge in [0.15, 0.2) is 0 Å². The molecule has 2 rings (SSSR count). The second-order valence-electron chi connectivity index (χ2n) is 6.40. The number of aromatic carboxylic acids is 1. The molecule has 1 aliphatic rings. The molecule has 0 saturated heterocycles. The predicted octanol–water partition coefficient (Wildman–Crippen LogP) is 1.67. The molecule has 1 fully saturated rings. The molecule has 0 atom stereocenters. The Hall–Kier alpha value is -1.34. The first-order chi connectivity index (χ1) is 9.00. The SMILES string of the molecule is CC1(C)C(CNS(=O)(=O)c2c[nH]c(C(=O)O)c2)C1(C)C. The molecule has 0 amide bonds. The van der Waals surface area contributed by atoms with Crippen LogP contribution < -0.4 is 4.72 Å². The third kappa shape index (κ3) is 2.25. The Balaban J connectivity index is 2.07. The van der Waals surface area contributed by atoms with Crippen molar-refractivity contribution in [1.29, 1.82) is 0 Å². The van der Waals surface area contributed by atoms with E-state index in [4.69, 9.17) is 5.11 Å². The Morgan fingerprint density at radius 2 is 1.90 bits per heavy atom. The number of carboxylic acids is 1. The topological polar surface area (TPSA) is 99.3 Å². The maximum absolute atomic E-state index is 12.1. The fourth-order valence-electron chi connectivity index (χ4n) is 2.77. The molecule has 1 aromatic rings. The molecule has 1 saturated carbocycles. The number of hydrogen-bond donors (Lipinski definition) is 3. The van der Waals surface area contributed by atoms with Crippen molar-refractivity contribution >= 4 is 16.0 Å². The van der Waals surface area contributed by atoms with Crippen molar-refractivity contribution in [3.63, 3.8) is 0 Å². The van der Waals surface area contributed by atoms with E-state index in [0.29, 0.717) is 6.54 Å². The van der Waals surface area contributed by atoms with Gasteiger partial charge < -0.3 is 10.1 Å². The van der Waals surface area contributed by atoms with Gasteiger partial charge in [-0.25, -0.2) is 17.9 Å². The summed E-state index contributed by atoms with van der Waals surface area (Å²) >= 11 is 0. The van der Waals surface area contributed by atoms with Gasteiger partial charge in [-0.2, -0.15) is 0 Å². The van der Waals surface area contributed by atoms with Crippen molar-refractivity contribution in [1.82, 2.24) is 9.71 Å². The highest BCUT2D eigenvalue weighted by molar-refractivity contribution is 7.89.